The van der Waals surface area contributed by atoms with Gasteiger partial charge in [0.2, 0.25) is 11.8 Å². The minimum atomic E-state index is -0.203. The van der Waals surface area contributed by atoms with Crippen LogP contribution < -0.4 is 15.4 Å². The number of hydrogen-bond donors (Lipinski definition) is 2. The Morgan fingerprint density at radius 1 is 0.971 bits per heavy atom. The van der Waals surface area contributed by atoms with Crippen LogP contribution in [-0.4, -0.2) is 29.7 Å². The maximum atomic E-state index is 12.4. The molecular weight excluding hydrogens is 478 g/mol. The summed E-state index contributed by atoms with van der Waals surface area (Å²) in [5.41, 5.74) is 3.41. The molecule has 3 aromatic carbocycles. The highest BCUT2D eigenvalue weighted by Gasteiger charge is 2.09. The van der Waals surface area contributed by atoms with E-state index in [-0.39, 0.29) is 17.6 Å². The number of thioether (sulfide) groups is 1. The van der Waals surface area contributed by atoms with Crippen molar-refractivity contribution in [3.8, 4) is 17.0 Å². The van der Waals surface area contributed by atoms with Crippen molar-refractivity contribution < 1.29 is 14.3 Å². The van der Waals surface area contributed by atoms with Crippen LogP contribution in [0.4, 0.5) is 10.8 Å². The number of rotatable bonds is 9. The molecule has 1 heterocycles. The highest BCUT2D eigenvalue weighted by molar-refractivity contribution is 8.00. The van der Waals surface area contributed by atoms with E-state index in [2.05, 4.69) is 15.6 Å². The van der Waals surface area contributed by atoms with Crippen LogP contribution in [0.3, 0.4) is 0 Å². The quantitative estimate of drug-likeness (QED) is 0.211. The van der Waals surface area contributed by atoms with Gasteiger partial charge in [0, 0.05) is 27.6 Å². The highest BCUT2D eigenvalue weighted by atomic mass is 32.2. The van der Waals surface area contributed by atoms with Crippen molar-refractivity contribution in [2.45, 2.75) is 4.90 Å². The molecule has 0 unspecified atom stereocenters. The number of methoxy groups -OCH3 is 1. The molecule has 0 fully saturated rings. The van der Waals surface area contributed by atoms with Crippen LogP contribution in [-0.2, 0) is 9.59 Å². The summed E-state index contributed by atoms with van der Waals surface area (Å²) < 4.78 is 5.18. The molecule has 8 heteroatoms. The molecule has 0 saturated carbocycles. The Hall–Kier alpha value is -3.88. The van der Waals surface area contributed by atoms with Gasteiger partial charge in [0.1, 0.15) is 5.75 Å². The van der Waals surface area contributed by atoms with Crippen molar-refractivity contribution in [2.75, 3.05) is 23.5 Å². The van der Waals surface area contributed by atoms with Gasteiger partial charge in [-0.25, -0.2) is 4.98 Å². The Balaban J connectivity index is 1.23. The van der Waals surface area contributed by atoms with Gasteiger partial charge in [0.25, 0.3) is 0 Å². The largest absolute Gasteiger partial charge is 0.497 e. The fourth-order valence-corrected chi connectivity index (χ4v) is 4.52. The van der Waals surface area contributed by atoms with Crippen molar-refractivity contribution >= 4 is 51.8 Å². The Morgan fingerprint density at radius 3 is 2.43 bits per heavy atom. The Kier molecular flexibility index (Phi) is 8.32. The lowest BCUT2D eigenvalue weighted by molar-refractivity contribution is -0.114. The molecule has 0 atom stereocenters. The number of nitrogens with zero attached hydrogens (tertiary/aromatic N) is 1. The van der Waals surface area contributed by atoms with E-state index >= 15 is 0 Å². The number of anilines is 2. The minimum Gasteiger partial charge on any atom is -0.497 e. The third-order valence-corrected chi connectivity index (χ3v) is 6.62. The number of hydrogen-bond acceptors (Lipinski definition) is 6. The van der Waals surface area contributed by atoms with Gasteiger partial charge < -0.3 is 15.4 Å². The molecule has 0 radical (unpaired) electrons. The number of ether oxygens (including phenoxy) is 1. The van der Waals surface area contributed by atoms with E-state index in [4.69, 9.17) is 4.74 Å². The molecule has 0 aliphatic rings. The fourth-order valence-electron chi connectivity index (χ4n) is 3.08. The Morgan fingerprint density at radius 2 is 1.71 bits per heavy atom. The standard InChI is InChI=1S/C27H23N3O3S2/c1-33-22-12-8-20(9-13-22)24-17-35-27(29-24)30-26(32)18-34-23-14-10-21(11-15-23)28-25(31)16-7-19-5-3-2-4-6-19/h2-17H,18H2,1H3,(H,28,31)(H,29,30,32)/b16-7+. The first-order valence-electron chi connectivity index (χ1n) is 10.8. The van der Waals surface area contributed by atoms with Gasteiger partial charge in [-0.2, -0.15) is 0 Å². The van der Waals surface area contributed by atoms with Gasteiger partial charge in [-0.1, -0.05) is 30.3 Å². The third-order valence-electron chi connectivity index (χ3n) is 4.85. The molecule has 1 aromatic heterocycles. The van der Waals surface area contributed by atoms with Crippen LogP contribution in [0.2, 0.25) is 0 Å². The number of carbonyl (C=O) groups excluding carboxylic acids is 2. The van der Waals surface area contributed by atoms with E-state index in [0.29, 0.717) is 10.8 Å². The predicted molar refractivity (Wildman–Crippen MR) is 144 cm³/mol. The molecule has 4 aromatic rings. The average molecular weight is 502 g/mol. The van der Waals surface area contributed by atoms with E-state index in [9.17, 15) is 9.59 Å². The van der Waals surface area contributed by atoms with E-state index < -0.39 is 0 Å². The zero-order valence-corrected chi connectivity index (χ0v) is 20.6. The second-order valence-electron chi connectivity index (χ2n) is 7.36. The summed E-state index contributed by atoms with van der Waals surface area (Å²) in [6, 6.07) is 24.6. The molecule has 6 nitrogen and oxygen atoms in total. The second-order valence-corrected chi connectivity index (χ2v) is 9.27. The fraction of sp³-hybridized carbons (Fsp3) is 0.0741. The Labute approximate surface area is 212 Å². The lowest BCUT2D eigenvalue weighted by Gasteiger charge is -2.05. The first-order valence-corrected chi connectivity index (χ1v) is 12.6. The first-order chi connectivity index (χ1) is 17.1. The van der Waals surface area contributed by atoms with Crippen molar-refractivity contribution in [1.29, 1.82) is 0 Å². The van der Waals surface area contributed by atoms with Crippen molar-refractivity contribution in [2.24, 2.45) is 0 Å². The monoisotopic (exact) mass is 501 g/mol. The van der Waals surface area contributed by atoms with E-state index in [1.54, 1.807) is 13.2 Å². The lowest BCUT2D eigenvalue weighted by Crippen LogP contribution is -2.13. The molecule has 0 aliphatic carbocycles. The highest BCUT2D eigenvalue weighted by Crippen LogP contribution is 2.27. The van der Waals surface area contributed by atoms with E-state index in [1.165, 1.54) is 29.2 Å². The maximum Gasteiger partial charge on any atom is 0.248 e. The average Bonchev–Trinajstić information content (AvgIpc) is 3.36. The number of amides is 2. The second kappa shape index (κ2) is 12.0. The van der Waals surface area contributed by atoms with Gasteiger partial charge >= 0.3 is 0 Å². The summed E-state index contributed by atoms with van der Waals surface area (Å²) >= 11 is 2.80. The van der Waals surface area contributed by atoms with Crippen LogP contribution in [0.5, 0.6) is 5.75 Å². The number of aromatic nitrogens is 1. The maximum absolute atomic E-state index is 12.4. The molecule has 0 saturated heterocycles. The smallest absolute Gasteiger partial charge is 0.248 e. The van der Waals surface area contributed by atoms with Crippen molar-refractivity contribution in [3.63, 3.8) is 0 Å². The summed E-state index contributed by atoms with van der Waals surface area (Å²) in [4.78, 5) is 29.9. The molecular formula is C27H23N3O3S2. The van der Waals surface area contributed by atoms with E-state index in [0.717, 1.165) is 27.5 Å². The molecule has 0 spiro atoms. The molecule has 0 aliphatic heterocycles. The summed E-state index contributed by atoms with van der Waals surface area (Å²) in [5, 5.41) is 8.15. The number of thiazole rings is 1. The van der Waals surface area contributed by atoms with Crippen molar-refractivity contribution in [3.05, 3.63) is 95.9 Å². The van der Waals surface area contributed by atoms with Gasteiger partial charge in [-0.15, -0.1) is 23.1 Å². The van der Waals surface area contributed by atoms with Gasteiger partial charge in [0.15, 0.2) is 5.13 Å². The zero-order chi connectivity index (χ0) is 24.5. The van der Waals surface area contributed by atoms with Crippen LogP contribution in [0, 0.1) is 0 Å². The Bertz CT molecular complexity index is 1300. The van der Waals surface area contributed by atoms with Gasteiger partial charge in [0.05, 0.1) is 18.6 Å². The van der Waals surface area contributed by atoms with Crippen molar-refractivity contribution in [1.82, 2.24) is 4.98 Å². The van der Waals surface area contributed by atoms with Crippen LogP contribution >= 0.6 is 23.1 Å². The summed E-state index contributed by atoms with van der Waals surface area (Å²) in [6.45, 7) is 0. The molecule has 2 N–H and O–H groups in total. The lowest BCUT2D eigenvalue weighted by atomic mass is 10.2. The SMILES string of the molecule is COc1ccc(-c2csc(NC(=O)CSc3ccc(NC(=O)/C=C/c4ccccc4)cc3)n2)cc1. The number of carbonyl (C=O) groups is 2. The van der Waals surface area contributed by atoms with Crippen LogP contribution in [0.25, 0.3) is 17.3 Å². The van der Waals surface area contributed by atoms with Gasteiger partial charge in [-0.05, 0) is 60.2 Å². The summed E-state index contributed by atoms with van der Waals surface area (Å²) in [6.07, 6.45) is 3.27. The predicted octanol–water partition coefficient (Wildman–Crippen LogP) is 6.20. The summed E-state index contributed by atoms with van der Waals surface area (Å²) in [5.74, 6) is 0.702. The van der Waals surface area contributed by atoms with Gasteiger partial charge in [-0.3, -0.25) is 9.59 Å². The minimum absolute atomic E-state index is 0.131. The van der Waals surface area contributed by atoms with Crippen LogP contribution in [0.1, 0.15) is 5.56 Å². The van der Waals surface area contributed by atoms with E-state index in [1.807, 2.05) is 84.2 Å². The molecule has 176 valence electrons. The topological polar surface area (TPSA) is 80.3 Å². The molecule has 4 rings (SSSR count). The summed E-state index contributed by atoms with van der Waals surface area (Å²) in [7, 11) is 1.63. The zero-order valence-electron chi connectivity index (χ0n) is 18.9. The number of nitrogens with one attached hydrogen (secondary N) is 2. The number of benzene rings is 3. The third kappa shape index (κ3) is 7.30. The molecule has 2 amide bonds. The molecule has 0 bridgehead atoms. The molecule has 35 heavy (non-hydrogen) atoms. The first kappa shape index (κ1) is 24.3. The normalized spacial score (nSPS) is 10.8. The van der Waals surface area contributed by atoms with Crippen LogP contribution in [0.15, 0.2) is 95.2 Å².